The van der Waals surface area contributed by atoms with E-state index >= 15 is 0 Å². The molecule has 0 unspecified atom stereocenters. The highest BCUT2D eigenvalue weighted by Gasteiger charge is 2.17. The Morgan fingerprint density at radius 2 is 2.11 bits per heavy atom. The quantitative estimate of drug-likeness (QED) is 0.567. The molecule has 0 aliphatic carbocycles. The van der Waals surface area contributed by atoms with Crippen LogP contribution in [0.1, 0.15) is 10.4 Å². The second kappa shape index (κ2) is 5.87. The van der Waals surface area contributed by atoms with E-state index in [9.17, 15) is 14.7 Å². The van der Waals surface area contributed by atoms with Crippen LogP contribution in [0.5, 0.6) is 11.5 Å². The zero-order valence-corrected chi connectivity index (χ0v) is 9.58. The third-order valence-corrected chi connectivity index (χ3v) is 2.19. The van der Waals surface area contributed by atoms with Gasteiger partial charge in [0.1, 0.15) is 11.5 Å². The monoisotopic (exact) mass is 255 g/mol. The molecule has 0 heterocycles. The summed E-state index contributed by atoms with van der Waals surface area (Å²) in [6.07, 6.45) is -1.69. The zero-order chi connectivity index (χ0) is 13.7. The second-order valence-electron chi connectivity index (χ2n) is 3.45. The molecular weight excluding hydrogens is 242 g/mol. The number of aliphatic carboxylic acids is 1. The van der Waals surface area contributed by atoms with Crippen molar-refractivity contribution < 1.29 is 29.6 Å². The number of methoxy groups -OCH3 is 1. The lowest BCUT2D eigenvalue weighted by Gasteiger charge is -2.09. The predicted molar refractivity (Wildman–Crippen MR) is 60.6 cm³/mol. The van der Waals surface area contributed by atoms with E-state index in [4.69, 9.17) is 14.9 Å². The van der Waals surface area contributed by atoms with Gasteiger partial charge in [-0.1, -0.05) is 0 Å². The minimum atomic E-state index is -1.69. The van der Waals surface area contributed by atoms with Crippen LogP contribution in [0, 0.1) is 0 Å². The van der Waals surface area contributed by atoms with E-state index in [1.165, 1.54) is 25.3 Å². The molecule has 0 aromatic heterocycles. The summed E-state index contributed by atoms with van der Waals surface area (Å²) in [5.41, 5.74) is -0.0630. The standard InChI is InChI=1S/C11H13NO6/c1-18-6-2-3-8(13)7(4-6)10(15)12-5-9(14)11(16)17/h2-4,9,13-14H,5H2,1H3,(H,12,15)(H,16,17)/t9-/m0/s1. The molecule has 0 saturated carbocycles. The molecule has 1 aromatic carbocycles. The minimum Gasteiger partial charge on any atom is -0.507 e. The van der Waals surface area contributed by atoms with Crippen molar-refractivity contribution >= 4 is 11.9 Å². The van der Waals surface area contributed by atoms with Crippen LogP contribution >= 0.6 is 0 Å². The Bertz CT molecular complexity index is 459. The Morgan fingerprint density at radius 1 is 1.44 bits per heavy atom. The van der Waals surface area contributed by atoms with E-state index in [1.807, 2.05) is 0 Å². The van der Waals surface area contributed by atoms with Crippen LogP contribution in [0.4, 0.5) is 0 Å². The van der Waals surface area contributed by atoms with Crippen LogP contribution in [0.25, 0.3) is 0 Å². The molecule has 1 aromatic rings. The van der Waals surface area contributed by atoms with Crippen LogP contribution in [0.3, 0.4) is 0 Å². The number of carboxylic acid groups (broad SMARTS) is 1. The second-order valence-corrected chi connectivity index (χ2v) is 3.45. The number of carbonyl (C=O) groups is 2. The summed E-state index contributed by atoms with van der Waals surface area (Å²) in [6.45, 7) is -0.454. The molecule has 0 aliphatic heterocycles. The topological polar surface area (TPSA) is 116 Å². The van der Waals surface area contributed by atoms with Crippen molar-refractivity contribution in [1.82, 2.24) is 5.32 Å². The number of phenols is 1. The minimum absolute atomic E-state index is 0.0630. The number of hydrogen-bond acceptors (Lipinski definition) is 5. The number of nitrogens with one attached hydrogen (secondary N) is 1. The Morgan fingerprint density at radius 3 is 2.67 bits per heavy atom. The van der Waals surface area contributed by atoms with Crippen molar-refractivity contribution in [2.24, 2.45) is 0 Å². The summed E-state index contributed by atoms with van der Waals surface area (Å²) in [4.78, 5) is 22.0. The van der Waals surface area contributed by atoms with Gasteiger partial charge in [0.15, 0.2) is 6.10 Å². The number of ether oxygens (including phenoxy) is 1. The van der Waals surface area contributed by atoms with Gasteiger partial charge in [0.25, 0.3) is 5.91 Å². The van der Waals surface area contributed by atoms with Crippen molar-refractivity contribution in [3.63, 3.8) is 0 Å². The first-order chi connectivity index (χ1) is 8.45. The Kier molecular flexibility index (Phi) is 4.50. The molecule has 18 heavy (non-hydrogen) atoms. The lowest BCUT2D eigenvalue weighted by atomic mass is 10.1. The number of aliphatic hydroxyl groups is 1. The molecule has 0 spiro atoms. The molecule has 98 valence electrons. The fourth-order valence-corrected chi connectivity index (χ4v) is 1.20. The van der Waals surface area contributed by atoms with Gasteiger partial charge in [0.2, 0.25) is 0 Å². The van der Waals surface area contributed by atoms with E-state index in [0.29, 0.717) is 5.75 Å². The van der Waals surface area contributed by atoms with E-state index < -0.39 is 24.5 Å². The molecule has 0 aliphatic rings. The van der Waals surface area contributed by atoms with Gasteiger partial charge in [-0.3, -0.25) is 4.79 Å². The van der Waals surface area contributed by atoms with Crippen LogP contribution in [-0.4, -0.2) is 47.0 Å². The van der Waals surface area contributed by atoms with Gasteiger partial charge in [-0.25, -0.2) is 4.79 Å². The summed E-state index contributed by atoms with van der Waals surface area (Å²) < 4.78 is 4.89. The molecular formula is C11H13NO6. The van der Waals surface area contributed by atoms with Crippen molar-refractivity contribution in [3.8, 4) is 11.5 Å². The maximum atomic E-state index is 11.6. The largest absolute Gasteiger partial charge is 0.507 e. The van der Waals surface area contributed by atoms with Crippen molar-refractivity contribution in [1.29, 1.82) is 0 Å². The third kappa shape index (κ3) is 3.36. The number of rotatable bonds is 5. The highest BCUT2D eigenvalue weighted by atomic mass is 16.5. The Balaban J connectivity index is 2.75. The van der Waals surface area contributed by atoms with Crippen molar-refractivity contribution in [3.05, 3.63) is 23.8 Å². The maximum absolute atomic E-state index is 11.6. The highest BCUT2D eigenvalue weighted by molar-refractivity contribution is 5.97. The molecule has 0 radical (unpaired) electrons. The summed E-state index contributed by atoms with van der Waals surface area (Å²) in [5, 5.41) is 29.1. The van der Waals surface area contributed by atoms with E-state index in [0.717, 1.165) is 0 Å². The number of benzene rings is 1. The van der Waals surface area contributed by atoms with E-state index in [1.54, 1.807) is 0 Å². The van der Waals surface area contributed by atoms with Gasteiger partial charge in [0, 0.05) is 0 Å². The summed E-state index contributed by atoms with van der Waals surface area (Å²) >= 11 is 0. The SMILES string of the molecule is COc1ccc(O)c(C(=O)NC[C@H](O)C(=O)O)c1. The molecule has 1 atom stereocenters. The summed E-state index contributed by atoms with van der Waals surface area (Å²) in [7, 11) is 1.41. The van der Waals surface area contributed by atoms with Gasteiger partial charge < -0.3 is 25.4 Å². The Hall–Kier alpha value is -2.28. The lowest BCUT2D eigenvalue weighted by molar-refractivity contribution is -0.146. The third-order valence-electron chi connectivity index (χ3n) is 2.19. The van der Waals surface area contributed by atoms with Gasteiger partial charge in [0.05, 0.1) is 19.2 Å². The zero-order valence-electron chi connectivity index (χ0n) is 9.58. The first kappa shape index (κ1) is 13.8. The average Bonchev–Trinajstić information content (AvgIpc) is 2.35. The number of phenolic OH excluding ortho intramolecular Hbond substituents is 1. The first-order valence-electron chi connectivity index (χ1n) is 5.01. The van der Waals surface area contributed by atoms with Crippen LogP contribution < -0.4 is 10.1 Å². The number of aromatic hydroxyl groups is 1. The van der Waals surface area contributed by atoms with E-state index in [2.05, 4.69) is 5.32 Å². The molecule has 0 bridgehead atoms. The van der Waals surface area contributed by atoms with Gasteiger partial charge in [-0.15, -0.1) is 0 Å². The van der Waals surface area contributed by atoms with Crippen LogP contribution in [0.2, 0.25) is 0 Å². The molecule has 1 rings (SSSR count). The summed E-state index contributed by atoms with van der Waals surface area (Å²) in [6, 6.07) is 4.05. The van der Waals surface area contributed by atoms with Crippen LogP contribution in [-0.2, 0) is 4.79 Å². The van der Waals surface area contributed by atoms with E-state index in [-0.39, 0.29) is 11.3 Å². The fraction of sp³-hybridized carbons (Fsp3) is 0.273. The molecule has 7 nitrogen and oxygen atoms in total. The molecule has 1 amide bonds. The number of amides is 1. The Labute approximate surface area is 103 Å². The maximum Gasteiger partial charge on any atom is 0.334 e. The fourth-order valence-electron chi connectivity index (χ4n) is 1.20. The average molecular weight is 255 g/mol. The molecule has 0 fully saturated rings. The van der Waals surface area contributed by atoms with Gasteiger partial charge in [-0.2, -0.15) is 0 Å². The number of carbonyl (C=O) groups excluding carboxylic acids is 1. The number of aliphatic hydroxyl groups excluding tert-OH is 1. The number of carboxylic acids is 1. The van der Waals surface area contributed by atoms with Gasteiger partial charge >= 0.3 is 5.97 Å². The van der Waals surface area contributed by atoms with Crippen molar-refractivity contribution in [2.75, 3.05) is 13.7 Å². The normalized spacial score (nSPS) is 11.7. The lowest BCUT2D eigenvalue weighted by Crippen LogP contribution is -2.36. The molecule has 0 saturated heterocycles. The predicted octanol–water partition coefficient (Wildman–Crippen LogP) is -0.424. The van der Waals surface area contributed by atoms with Gasteiger partial charge in [-0.05, 0) is 18.2 Å². The summed E-state index contributed by atoms with van der Waals surface area (Å²) in [5.74, 6) is -2.04. The van der Waals surface area contributed by atoms with Crippen LogP contribution in [0.15, 0.2) is 18.2 Å². The molecule has 7 heteroatoms. The number of hydrogen-bond donors (Lipinski definition) is 4. The molecule has 4 N–H and O–H groups in total. The smallest absolute Gasteiger partial charge is 0.334 e. The highest BCUT2D eigenvalue weighted by Crippen LogP contribution is 2.22. The van der Waals surface area contributed by atoms with Crippen molar-refractivity contribution in [2.45, 2.75) is 6.10 Å². The first-order valence-corrected chi connectivity index (χ1v) is 5.01.